The first kappa shape index (κ1) is 12.8. The molecule has 0 aliphatic carbocycles. The van der Waals surface area contributed by atoms with Crippen LogP contribution in [0.25, 0.3) is 0 Å². The van der Waals surface area contributed by atoms with Crippen molar-refractivity contribution in [3.8, 4) is 5.75 Å². The fourth-order valence-electron chi connectivity index (χ4n) is 2.41. The van der Waals surface area contributed by atoms with E-state index in [1.165, 1.54) is 0 Å². The summed E-state index contributed by atoms with van der Waals surface area (Å²) in [5.41, 5.74) is 8.14. The van der Waals surface area contributed by atoms with Gasteiger partial charge in [0, 0.05) is 16.8 Å². The summed E-state index contributed by atoms with van der Waals surface area (Å²) in [4.78, 5) is 0. The zero-order valence-electron chi connectivity index (χ0n) is 11.6. The van der Waals surface area contributed by atoms with Crippen LogP contribution in [0.15, 0.2) is 42.5 Å². The first-order valence-corrected chi connectivity index (χ1v) is 6.59. The number of hydrogen-bond donors (Lipinski definition) is 3. The Kier molecular flexibility index (Phi) is 2.83. The lowest BCUT2D eigenvalue weighted by molar-refractivity contribution is 0.0790. The van der Waals surface area contributed by atoms with Crippen molar-refractivity contribution in [2.45, 2.75) is 25.7 Å². The predicted octanol–water partition coefficient (Wildman–Crippen LogP) is 3.00. The number of rotatable bonds is 2. The standard InChI is InChI=1S/C16H18N2O2/c1-16(2,19)11-8-14-13(9-12(11)17)18-15(20-14)10-6-4-3-5-7-10/h3-9,15,18-19H,17H2,1-2H3. The number of benzene rings is 2. The van der Waals surface area contributed by atoms with Gasteiger partial charge in [-0.05, 0) is 26.0 Å². The number of nitrogens with two attached hydrogens (primary N) is 1. The van der Waals surface area contributed by atoms with Gasteiger partial charge in [-0.25, -0.2) is 0 Å². The van der Waals surface area contributed by atoms with Crippen LogP contribution in [0.2, 0.25) is 0 Å². The summed E-state index contributed by atoms with van der Waals surface area (Å²) in [5.74, 6) is 0.713. The van der Waals surface area contributed by atoms with Crippen molar-refractivity contribution in [3.63, 3.8) is 0 Å². The van der Waals surface area contributed by atoms with Gasteiger partial charge in [0.2, 0.25) is 0 Å². The second kappa shape index (κ2) is 4.42. The van der Waals surface area contributed by atoms with Crippen LogP contribution in [-0.2, 0) is 5.60 Å². The van der Waals surface area contributed by atoms with Gasteiger partial charge in [0.25, 0.3) is 0 Å². The Labute approximate surface area is 118 Å². The van der Waals surface area contributed by atoms with Crippen LogP contribution in [0.4, 0.5) is 11.4 Å². The maximum absolute atomic E-state index is 10.1. The van der Waals surface area contributed by atoms with Gasteiger partial charge in [-0.1, -0.05) is 30.3 Å². The van der Waals surface area contributed by atoms with Crippen molar-refractivity contribution < 1.29 is 9.84 Å². The molecule has 1 atom stereocenters. The Morgan fingerprint density at radius 3 is 2.55 bits per heavy atom. The van der Waals surface area contributed by atoms with Crippen LogP contribution in [0.5, 0.6) is 5.75 Å². The van der Waals surface area contributed by atoms with Gasteiger partial charge < -0.3 is 20.9 Å². The Morgan fingerprint density at radius 1 is 1.20 bits per heavy atom. The van der Waals surface area contributed by atoms with Crippen molar-refractivity contribution in [1.29, 1.82) is 0 Å². The van der Waals surface area contributed by atoms with Crippen molar-refractivity contribution >= 4 is 11.4 Å². The van der Waals surface area contributed by atoms with Crippen molar-refractivity contribution in [3.05, 3.63) is 53.6 Å². The molecule has 0 fully saturated rings. The Bertz CT molecular complexity index is 633. The lowest BCUT2D eigenvalue weighted by atomic mass is 9.96. The molecule has 0 saturated heterocycles. The zero-order valence-corrected chi connectivity index (χ0v) is 11.6. The third-order valence-corrected chi connectivity index (χ3v) is 3.44. The fraction of sp³-hybridized carbons (Fsp3) is 0.250. The molecule has 0 spiro atoms. The summed E-state index contributed by atoms with van der Waals surface area (Å²) < 4.78 is 5.91. The largest absolute Gasteiger partial charge is 0.464 e. The van der Waals surface area contributed by atoms with Crippen LogP contribution < -0.4 is 15.8 Å². The predicted molar refractivity (Wildman–Crippen MR) is 79.5 cm³/mol. The summed E-state index contributed by atoms with van der Waals surface area (Å²) in [6, 6.07) is 13.5. The number of ether oxygens (including phenoxy) is 1. The Hall–Kier alpha value is -2.20. The minimum absolute atomic E-state index is 0.220. The normalized spacial score (nSPS) is 17.2. The molecule has 0 bridgehead atoms. The third kappa shape index (κ3) is 2.18. The van der Waals surface area contributed by atoms with Crippen LogP contribution >= 0.6 is 0 Å². The first-order chi connectivity index (χ1) is 9.45. The molecule has 1 heterocycles. The van der Waals surface area contributed by atoms with Gasteiger partial charge in [0.05, 0.1) is 11.3 Å². The minimum atomic E-state index is -0.993. The molecule has 4 N–H and O–H groups in total. The highest BCUT2D eigenvalue weighted by molar-refractivity contribution is 5.70. The van der Waals surface area contributed by atoms with E-state index in [2.05, 4.69) is 5.32 Å². The SMILES string of the molecule is CC(C)(O)c1cc2c(cc1N)NC(c1ccccc1)O2. The van der Waals surface area contributed by atoms with Crippen molar-refractivity contribution in [1.82, 2.24) is 0 Å². The lowest BCUT2D eigenvalue weighted by Crippen LogP contribution is -2.17. The highest BCUT2D eigenvalue weighted by atomic mass is 16.5. The molecule has 1 aliphatic heterocycles. The lowest BCUT2D eigenvalue weighted by Gasteiger charge is -2.20. The molecule has 1 aliphatic rings. The highest BCUT2D eigenvalue weighted by Crippen LogP contribution is 2.42. The first-order valence-electron chi connectivity index (χ1n) is 6.59. The summed E-state index contributed by atoms with van der Waals surface area (Å²) in [6.45, 7) is 3.42. The molecule has 4 nitrogen and oxygen atoms in total. The number of fused-ring (bicyclic) bond motifs is 1. The van der Waals surface area contributed by atoms with Gasteiger partial charge in [-0.2, -0.15) is 0 Å². The Morgan fingerprint density at radius 2 is 1.90 bits per heavy atom. The Balaban J connectivity index is 1.95. The molecule has 3 rings (SSSR count). The van der Waals surface area contributed by atoms with Crippen LogP contribution in [0.3, 0.4) is 0 Å². The fourth-order valence-corrected chi connectivity index (χ4v) is 2.41. The molecule has 0 saturated carbocycles. The van der Waals surface area contributed by atoms with Crippen molar-refractivity contribution in [2.75, 3.05) is 11.1 Å². The molecule has 2 aromatic carbocycles. The van der Waals surface area contributed by atoms with E-state index < -0.39 is 5.60 Å². The van der Waals surface area contributed by atoms with Crippen LogP contribution in [0.1, 0.15) is 31.2 Å². The smallest absolute Gasteiger partial charge is 0.196 e. The third-order valence-electron chi connectivity index (χ3n) is 3.44. The summed E-state index contributed by atoms with van der Waals surface area (Å²) >= 11 is 0. The summed E-state index contributed by atoms with van der Waals surface area (Å²) in [7, 11) is 0. The number of nitrogen functional groups attached to an aromatic ring is 1. The maximum atomic E-state index is 10.1. The second-order valence-electron chi connectivity index (χ2n) is 5.55. The van der Waals surface area contributed by atoms with Gasteiger partial charge in [0.1, 0.15) is 5.75 Å². The quantitative estimate of drug-likeness (QED) is 0.734. The van der Waals surface area contributed by atoms with E-state index in [-0.39, 0.29) is 6.23 Å². The van der Waals surface area contributed by atoms with Gasteiger partial charge in [-0.3, -0.25) is 0 Å². The maximum Gasteiger partial charge on any atom is 0.196 e. The van der Waals surface area contributed by atoms with E-state index in [9.17, 15) is 5.11 Å². The van der Waals surface area contributed by atoms with Crippen molar-refractivity contribution in [2.24, 2.45) is 0 Å². The van der Waals surface area contributed by atoms with Crippen LogP contribution in [-0.4, -0.2) is 5.11 Å². The van der Waals surface area contributed by atoms with Crippen LogP contribution in [0, 0.1) is 0 Å². The van der Waals surface area contributed by atoms with E-state index in [1.807, 2.05) is 36.4 Å². The molecule has 2 aromatic rings. The van der Waals surface area contributed by atoms with E-state index >= 15 is 0 Å². The molecule has 1 unspecified atom stereocenters. The number of aliphatic hydroxyl groups is 1. The van der Waals surface area contributed by atoms with Gasteiger partial charge in [-0.15, -0.1) is 0 Å². The molecular weight excluding hydrogens is 252 g/mol. The summed E-state index contributed by atoms with van der Waals surface area (Å²) in [5, 5.41) is 13.4. The van der Waals surface area contributed by atoms with Gasteiger partial charge in [0.15, 0.2) is 6.23 Å². The topological polar surface area (TPSA) is 67.5 Å². The van der Waals surface area contributed by atoms with E-state index in [4.69, 9.17) is 10.5 Å². The monoisotopic (exact) mass is 270 g/mol. The highest BCUT2D eigenvalue weighted by Gasteiger charge is 2.28. The zero-order chi connectivity index (χ0) is 14.3. The average Bonchev–Trinajstić information content (AvgIpc) is 2.80. The molecular formula is C16H18N2O2. The second-order valence-corrected chi connectivity index (χ2v) is 5.55. The molecule has 0 radical (unpaired) electrons. The number of hydrogen-bond acceptors (Lipinski definition) is 4. The molecule has 104 valence electrons. The number of nitrogens with one attached hydrogen (secondary N) is 1. The molecule has 0 amide bonds. The van der Waals surface area contributed by atoms with E-state index in [0.717, 1.165) is 11.3 Å². The number of anilines is 2. The van der Waals surface area contributed by atoms with Gasteiger partial charge >= 0.3 is 0 Å². The molecule has 0 aromatic heterocycles. The average molecular weight is 270 g/mol. The molecule has 4 heteroatoms. The summed E-state index contributed by atoms with van der Waals surface area (Å²) in [6.07, 6.45) is -0.220. The van der Waals surface area contributed by atoms with E-state index in [1.54, 1.807) is 19.9 Å². The van der Waals surface area contributed by atoms with E-state index in [0.29, 0.717) is 17.0 Å². The minimum Gasteiger partial charge on any atom is -0.464 e. The molecule has 20 heavy (non-hydrogen) atoms.